The van der Waals surface area contributed by atoms with Gasteiger partial charge in [0.05, 0.1) is 11.2 Å². The van der Waals surface area contributed by atoms with E-state index in [0.29, 0.717) is 0 Å². The summed E-state index contributed by atoms with van der Waals surface area (Å²) in [5.74, 6) is -0.312. The number of hydrogen-bond acceptors (Lipinski definition) is 4. The number of carbonyl (C=O) groups excluding carboxylic acids is 1. The summed E-state index contributed by atoms with van der Waals surface area (Å²) in [4.78, 5) is 19.3. The van der Waals surface area contributed by atoms with E-state index in [-0.39, 0.29) is 17.5 Å². The highest BCUT2D eigenvalue weighted by molar-refractivity contribution is 6.28. The Morgan fingerprint density at radius 2 is 2.14 bits per heavy atom. The Morgan fingerprint density at radius 3 is 2.86 bits per heavy atom. The number of halogens is 1. The Labute approximate surface area is 132 Å². The van der Waals surface area contributed by atoms with Crippen LogP contribution in [0.3, 0.4) is 0 Å². The highest BCUT2D eigenvalue weighted by Gasteiger charge is 2.13. The van der Waals surface area contributed by atoms with Crippen LogP contribution in [0.15, 0.2) is 42.7 Å². The van der Waals surface area contributed by atoms with E-state index in [1.54, 1.807) is 6.20 Å². The average Bonchev–Trinajstić information content (AvgIpc) is 2.90. The third-order valence-electron chi connectivity index (χ3n) is 3.39. The molecule has 5 nitrogen and oxygen atoms in total. The molecule has 0 bridgehead atoms. The molecule has 0 radical (unpaired) electrons. The summed E-state index contributed by atoms with van der Waals surface area (Å²) in [6.07, 6.45) is 3.14. The van der Waals surface area contributed by atoms with Crippen molar-refractivity contribution in [2.45, 2.75) is 20.1 Å². The van der Waals surface area contributed by atoms with Crippen molar-refractivity contribution in [3.63, 3.8) is 0 Å². The van der Waals surface area contributed by atoms with Gasteiger partial charge in [0.2, 0.25) is 5.28 Å². The summed E-state index contributed by atoms with van der Waals surface area (Å²) in [5, 5.41) is 1.22. The monoisotopic (exact) mass is 315 g/mol. The van der Waals surface area contributed by atoms with Gasteiger partial charge in [0.25, 0.3) is 0 Å². The molecule has 0 saturated heterocycles. The molecule has 3 aromatic rings. The second kappa shape index (κ2) is 5.77. The van der Waals surface area contributed by atoms with Gasteiger partial charge < -0.3 is 9.30 Å². The quantitative estimate of drug-likeness (QED) is 0.544. The van der Waals surface area contributed by atoms with E-state index in [9.17, 15) is 4.79 Å². The molecular weight excluding hydrogens is 302 g/mol. The molecule has 0 aliphatic carbocycles. The van der Waals surface area contributed by atoms with Crippen LogP contribution in [0.1, 0.15) is 20.1 Å². The number of esters is 1. The van der Waals surface area contributed by atoms with Crippen LogP contribution in [-0.4, -0.2) is 20.5 Å². The number of carbonyl (C=O) groups is 1. The molecule has 2 heterocycles. The number of nitrogens with zero attached hydrogens (tertiary/aromatic N) is 3. The van der Waals surface area contributed by atoms with Gasteiger partial charge >= 0.3 is 5.97 Å². The van der Waals surface area contributed by atoms with Crippen molar-refractivity contribution in [3.8, 4) is 11.3 Å². The van der Waals surface area contributed by atoms with Crippen molar-refractivity contribution in [3.05, 3.63) is 48.0 Å². The second-order valence-electron chi connectivity index (χ2n) is 4.88. The molecule has 0 aliphatic heterocycles. The highest BCUT2D eigenvalue weighted by Crippen LogP contribution is 2.30. The molecule has 2 aromatic heterocycles. The zero-order valence-corrected chi connectivity index (χ0v) is 12.9. The van der Waals surface area contributed by atoms with Crippen molar-refractivity contribution in [1.29, 1.82) is 0 Å². The lowest BCUT2D eigenvalue weighted by molar-refractivity contribution is -0.149. The SMILES string of the molecule is CC(=O)OC(C)n1ccc2c(-c3ccnc(Cl)n3)cccc21. The summed E-state index contributed by atoms with van der Waals surface area (Å²) >= 11 is 5.87. The minimum Gasteiger partial charge on any atom is -0.442 e. The van der Waals surface area contributed by atoms with Crippen LogP contribution in [0.25, 0.3) is 22.2 Å². The molecule has 22 heavy (non-hydrogen) atoms. The number of hydrogen-bond donors (Lipinski definition) is 0. The Balaban J connectivity index is 2.11. The standard InChI is InChI=1S/C16H14ClN3O2/c1-10(22-11(2)21)20-9-7-13-12(4-3-5-15(13)20)14-6-8-18-16(17)19-14/h3-10H,1-2H3. The molecule has 0 fully saturated rings. The molecule has 1 unspecified atom stereocenters. The number of rotatable bonds is 3. The fraction of sp³-hybridized carbons (Fsp3) is 0.188. The molecule has 3 rings (SSSR count). The smallest absolute Gasteiger partial charge is 0.304 e. The van der Waals surface area contributed by atoms with Crippen LogP contribution >= 0.6 is 11.6 Å². The van der Waals surface area contributed by atoms with Gasteiger partial charge in [-0.15, -0.1) is 0 Å². The summed E-state index contributed by atoms with van der Waals surface area (Å²) in [6, 6.07) is 9.67. The molecule has 0 N–H and O–H groups in total. The van der Waals surface area contributed by atoms with Crippen LogP contribution < -0.4 is 0 Å². The van der Waals surface area contributed by atoms with Crippen LogP contribution in [0.2, 0.25) is 5.28 Å². The van der Waals surface area contributed by atoms with E-state index >= 15 is 0 Å². The summed E-state index contributed by atoms with van der Waals surface area (Å²) in [6.45, 7) is 3.23. The molecule has 1 aromatic carbocycles. The maximum atomic E-state index is 11.1. The predicted molar refractivity (Wildman–Crippen MR) is 84.5 cm³/mol. The van der Waals surface area contributed by atoms with Gasteiger partial charge in [-0.05, 0) is 36.7 Å². The van der Waals surface area contributed by atoms with E-state index in [1.807, 2.05) is 48.0 Å². The minimum atomic E-state index is -0.376. The number of ether oxygens (including phenoxy) is 1. The lowest BCUT2D eigenvalue weighted by Gasteiger charge is -2.15. The normalized spacial score (nSPS) is 12.3. The Kier molecular flexibility index (Phi) is 3.81. The zero-order valence-electron chi connectivity index (χ0n) is 12.2. The summed E-state index contributed by atoms with van der Waals surface area (Å²) in [7, 11) is 0. The lowest BCUT2D eigenvalue weighted by atomic mass is 10.1. The van der Waals surface area contributed by atoms with Crippen LogP contribution in [0, 0.1) is 0 Å². The number of aromatic nitrogens is 3. The first kappa shape index (κ1) is 14.5. The predicted octanol–water partition coefficient (Wildman–Crippen LogP) is 3.83. The number of benzene rings is 1. The molecule has 0 spiro atoms. The second-order valence-corrected chi connectivity index (χ2v) is 5.22. The topological polar surface area (TPSA) is 57.0 Å². The first-order chi connectivity index (χ1) is 10.6. The highest BCUT2D eigenvalue weighted by atomic mass is 35.5. The van der Waals surface area contributed by atoms with Crippen molar-refractivity contribution in [1.82, 2.24) is 14.5 Å². The van der Waals surface area contributed by atoms with Crippen molar-refractivity contribution in [2.75, 3.05) is 0 Å². The minimum absolute atomic E-state index is 0.210. The Hall–Kier alpha value is -2.40. The third-order valence-corrected chi connectivity index (χ3v) is 3.58. The van der Waals surface area contributed by atoms with E-state index < -0.39 is 0 Å². The van der Waals surface area contributed by atoms with E-state index in [4.69, 9.17) is 16.3 Å². The third kappa shape index (κ3) is 2.67. The fourth-order valence-electron chi connectivity index (χ4n) is 2.51. The van der Waals surface area contributed by atoms with Gasteiger partial charge in [0.15, 0.2) is 6.23 Å². The number of fused-ring (bicyclic) bond motifs is 1. The van der Waals surface area contributed by atoms with Gasteiger partial charge in [0.1, 0.15) is 0 Å². The van der Waals surface area contributed by atoms with Crippen molar-refractivity contribution < 1.29 is 9.53 Å². The zero-order chi connectivity index (χ0) is 15.7. The van der Waals surface area contributed by atoms with Crippen LogP contribution in [0.5, 0.6) is 0 Å². The molecule has 6 heteroatoms. The molecule has 1 atom stereocenters. The molecule has 112 valence electrons. The van der Waals surface area contributed by atoms with Gasteiger partial charge in [-0.2, -0.15) is 0 Å². The molecule has 0 saturated carbocycles. The van der Waals surface area contributed by atoms with E-state index in [0.717, 1.165) is 22.2 Å². The van der Waals surface area contributed by atoms with Crippen molar-refractivity contribution >= 4 is 28.5 Å². The largest absolute Gasteiger partial charge is 0.442 e. The van der Waals surface area contributed by atoms with Gasteiger partial charge in [-0.1, -0.05) is 12.1 Å². The molecular formula is C16H14ClN3O2. The summed E-state index contributed by atoms with van der Waals surface area (Å²) in [5.41, 5.74) is 2.67. The van der Waals surface area contributed by atoms with Gasteiger partial charge in [0, 0.05) is 30.3 Å². The Morgan fingerprint density at radius 1 is 1.32 bits per heavy atom. The Bertz CT molecular complexity index is 844. The fourth-order valence-corrected chi connectivity index (χ4v) is 2.66. The van der Waals surface area contributed by atoms with Gasteiger partial charge in [-0.25, -0.2) is 9.97 Å². The van der Waals surface area contributed by atoms with Crippen LogP contribution in [-0.2, 0) is 9.53 Å². The maximum Gasteiger partial charge on any atom is 0.304 e. The van der Waals surface area contributed by atoms with E-state index in [1.165, 1.54) is 6.92 Å². The van der Waals surface area contributed by atoms with E-state index in [2.05, 4.69) is 9.97 Å². The van der Waals surface area contributed by atoms with Crippen molar-refractivity contribution in [2.24, 2.45) is 0 Å². The first-order valence-electron chi connectivity index (χ1n) is 6.82. The maximum absolute atomic E-state index is 11.1. The molecule has 0 aliphatic rings. The molecule has 0 amide bonds. The first-order valence-corrected chi connectivity index (χ1v) is 7.20. The lowest BCUT2D eigenvalue weighted by Crippen LogP contribution is -2.11. The van der Waals surface area contributed by atoms with Gasteiger partial charge in [-0.3, -0.25) is 4.79 Å². The summed E-state index contributed by atoms with van der Waals surface area (Å²) < 4.78 is 7.15. The average molecular weight is 316 g/mol. The van der Waals surface area contributed by atoms with Crippen LogP contribution in [0.4, 0.5) is 0 Å².